The lowest BCUT2D eigenvalue weighted by Gasteiger charge is -2.51. The number of carbonyl (C=O) groups excluding carboxylic acids is 1. The Bertz CT molecular complexity index is 1080. The number of aliphatic carboxylic acids is 1. The lowest BCUT2D eigenvalue weighted by atomic mass is 9.53. The first-order chi connectivity index (χ1) is 16.8. The SMILES string of the molecule is CC(=O)O[C@H]1C[C@H](CCC(=O)O)[C@H]2[C@@H]3CCc4cc(OCc5ccccc5)ccc4[C@H]3CC[C@@]21C. The molecule has 0 aromatic heterocycles. The maximum atomic E-state index is 11.9. The molecule has 0 bridgehead atoms. The van der Waals surface area contributed by atoms with Crippen LogP contribution in [0.1, 0.15) is 75.0 Å². The highest BCUT2D eigenvalue weighted by Gasteiger charge is 2.59. The van der Waals surface area contributed by atoms with E-state index in [4.69, 9.17) is 9.47 Å². The Morgan fingerprint density at radius 1 is 1.11 bits per heavy atom. The summed E-state index contributed by atoms with van der Waals surface area (Å²) >= 11 is 0. The Kier molecular flexibility index (Phi) is 6.61. The van der Waals surface area contributed by atoms with Crippen molar-refractivity contribution in [3.05, 3.63) is 65.2 Å². The Hall–Kier alpha value is -2.82. The molecule has 5 heteroatoms. The van der Waals surface area contributed by atoms with Gasteiger partial charge >= 0.3 is 11.9 Å². The highest BCUT2D eigenvalue weighted by atomic mass is 16.5. The number of benzene rings is 2. The highest BCUT2D eigenvalue weighted by Crippen LogP contribution is 2.64. The molecule has 0 aliphatic heterocycles. The molecule has 5 nitrogen and oxygen atoms in total. The molecule has 0 radical (unpaired) electrons. The molecule has 35 heavy (non-hydrogen) atoms. The number of aryl methyl sites for hydroxylation is 1. The first-order valence-corrected chi connectivity index (χ1v) is 13.0. The van der Waals surface area contributed by atoms with Gasteiger partial charge in [0.1, 0.15) is 18.5 Å². The van der Waals surface area contributed by atoms with Crippen LogP contribution in [0.4, 0.5) is 0 Å². The molecule has 0 saturated heterocycles. The zero-order valence-electron chi connectivity index (χ0n) is 20.7. The standard InChI is InChI=1S/C30H36O5/c1-19(31)35-27-17-22(9-13-28(32)33)29-26-11-8-21-16-23(34-18-20-6-4-3-5-7-20)10-12-24(21)25(26)14-15-30(27,29)2/h3-7,10,12,16,22,25-27,29H,8-9,11,13-15,17-18H2,1-2H3,(H,32,33)/t22-,25+,26+,27-,29-,30+/m0/s1. The summed E-state index contributed by atoms with van der Waals surface area (Å²) in [6, 6.07) is 16.8. The zero-order chi connectivity index (χ0) is 24.6. The van der Waals surface area contributed by atoms with E-state index in [2.05, 4.69) is 37.3 Å². The van der Waals surface area contributed by atoms with Crippen LogP contribution in [0.3, 0.4) is 0 Å². The third-order valence-electron chi connectivity index (χ3n) is 9.04. The van der Waals surface area contributed by atoms with Crippen molar-refractivity contribution in [2.45, 2.75) is 77.4 Å². The third kappa shape index (κ3) is 4.70. The van der Waals surface area contributed by atoms with Gasteiger partial charge in [-0.3, -0.25) is 9.59 Å². The lowest BCUT2D eigenvalue weighted by Crippen LogP contribution is -2.46. The zero-order valence-corrected chi connectivity index (χ0v) is 20.7. The summed E-state index contributed by atoms with van der Waals surface area (Å²) in [7, 11) is 0. The smallest absolute Gasteiger partial charge is 0.303 e. The van der Waals surface area contributed by atoms with Crippen molar-refractivity contribution in [2.24, 2.45) is 23.2 Å². The van der Waals surface area contributed by atoms with Crippen LogP contribution in [0.25, 0.3) is 0 Å². The quantitative estimate of drug-likeness (QED) is 0.486. The molecular formula is C30H36O5. The van der Waals surface area contributed by atoms with Gasteiger partial charge in [-0.1, -0.05) is 43.3 Å². The predicted molar refractivity (Wildman–Crippen MR) is 133 cm³/mol. The minimum absolute atomic E-state index is 0.0771. The molecule has 6 atom stereocenters. The van der Waals surface area contributed by atoms with Gasteiger partial charge < -0.3 is 14.6 Å². The Morgan fingerprint density at radius 3 is 2.66 bits per heavy atom. The molecule has 0 heterocycles. The molecule has 5 rings (SSSR count). The normalized spacial score (nSPS) is 31.1. The van der Waals surface area contributed by atoms with Crippen LogP contribution in [0, 0.1) is 23.2 Å². The second kappa shape index (κ2) is 9.67. The van der Waals surface area contributed by atoms with Crippen molar-refractivity contribution in [2.75, 3.05) is 0 Å². The molecule has 2 fully saturated rings. The number of rotatable bonds is 7. The molecular weight excluding hydrogens is 440 g/mol. The van der Waals surface area contributed by atoms with Crippen LogP contribution in [-0.2, 0) is 27.4 Å². The summed E-state index contributed by atoms with van der Waals surface area (Å²) in [6.45, 7) is 4.34. The number of carboxylic acid groups (broad SMARTS) is 1. The van der Waals surface area contributed by atoms with Crippen LogP contribution < -0.4 is 4.74 Å². The Labute approximate surface area is 207 Å². The summed E-state index contributed by atoms with van der Waals surface area (Å²) < 4.78 is 11.9. The first-order valence-electron chi connectivity index (χ1n) is 13.0. The number of esters is 1. The van der Waals surface area contributed by atoms with Crippen molar-refractivity contribution in [1.29, 1.82) is 0 Å². The molecule has 186 valence electrons. The van der Waals surface area contributed by atoms with Gasteiger partial charge in [0.25, 0.3) is 0 Å². The minimum atomic E-state index is -0.743. The summed E-state index contributed by atoms with van der Waals surface area (Å²) in [4.78, 5) is 23.3. The average Bonchev–Trinajstić information content (AvgIpc) is 3.12. The second-order valence-corrected chi connectivity index (χ2v) is 11.0. The maximum Gasteiger partial charge on any atom is 0.303 e. The molecule has 2 aromatic rings. The first kappa shape index (κ1) is 23.9. The molecule has 0 unspecified atom stereocenters. The summed E-state index contributed by atoms with van der Waals surface area (Å²) in [5.41, 5.74) is 3.90. The van der Waals surface area contributed by atoms with E-state index in [-0.39, 0.29) is 29.8 Å². The molecule has 2 saturated carbocycles. The number of hydrogen-bond donors (Lipinski definition) is 1. The van der Waals surface area contributed by atoms with Crippen molar-refractivity contribution < 1.29 is 24.2 Å². The van der Waals surface area contributed by atoms with Crippen LogP contribution in [0.2, 0.25) is 0 Å². The number of fused-ring (bicyclic) bond motifs is 5. The Balaban J connectivity index is 1.37. The topological polar surface area (TPSA) is 72.8 Å². The van der Waals surface area contributed by atoms with E-state index >= 15 is 0 Å². The van der Waals surface area contributed by atoms with Crippen LogP contribution in [0.15, 0.2) is 48.5 Å². The van der Waals surface area contributed by atoms with Gasteiger partial charge in [0.15, 0.2) is 0 Å². The number of ether oxygens (including phenoxy) is 2. The van der Waals surface area contributed by atoms with Gasteiger partial charge in [-0.2, -0.15) is 0 Å². The van der Waals surface area contributed by atoms with Crippen LogP contribution in [-0.4, -0.2) is 23.1 Å². The number of carboxylic acids is 1. The van der Waals surface area contributed by atoms with Crippen molar-refractivity contribution in [1.82, 2.24) is 0 Å². The average molecular weight is 477 g/mol. The predicted octanol–water partition coefficient (Wildman–Crippen LogP) is 6.14. The van der Waals surface area contributed by atoms with Crippen molar-refractivity contribution in [3.8, 4) is 5.75 Å². The van der Waals surface area contributed by atoms with Gasteiger partial charge in [0.05, 0.1) is 0 Å². The highest BCUT2D eigenvalue weighted by molar-refractivity contribution is 5.67. The van der Waals surface area contributed by atoms with E-state index in [1.807, 2.05) is 18.2 Å². The number of hydrogen-bond acceptors (Lipinski definition) is 4. The van der Waals surface area contributed by atoms with E-state index in [0.717, 1.165) is 43.4 Å². The lowest BCUT2D eigenvalue weighted by molar-refractivity contribution is -0.154. The van der Waals surface area contributed by atoms with Crippen molar-refractivity contribution in [3.63, 3.8) is 0 Å². The summed E-state index contributed by atoms with van der Waals surface area (Å²) in [5, 5.41) is 9.35. The van der Waals surface area contributed by atoms with E-state index in [0.29, 0.717) is 30.8 Å². The molecule has 0 amide bonds. The van der Waals surface area contributed by atoms with Crippen LogP contribution >= 0.6 is 0 Å². The fourth-order valence-electron chi connectivity index (χ4n) is 7.61. The van der Waals surface area contributed by atoms with E-state index in [1.165, 1.54) is 18.1 Å². The van der Waals surface area contributed by atoms with Crippen LogP contribution in [0.5, 0.6) is 5.75 Å². The van der Waals surface area contributed by atoms with Crippen molar-refractivity contribution >= 4 is 11.9 Å². The molecule has 0 spiro atoms. The monoisotopic (exact) mass is 476 g/mol. The molecule has 3 aliphatic carbocycles. The molecule has 3 aliphatic rings. The van der Waals surface area contributed by atoms with E-state index in [1.54, 1.807) is 0 Å². The maximum absolute atomic E-state index is 11.9. The fourth-order valence-corrected chi connectivity index (χ4v) is 7.61. The van der Waals surface area contributed by atoms with Gasteiger partial charge in [0.2, 0.25) is 0 Å². The second-order valence-electron chi connectivity index (χ2n) is 11.0. The van der Waals surface area contributed by atoms with Gasteiger partial charge in [-0.15, -0.1) is 0 Å². The summed E-state index contributed by atoms with van der Waals surface area (Å²) in [6.07, 6.45) is 5.71. The van der Waals surface area contributed by atoms with E-state index < -0.39 is 5.97 Å². The molecule has 2 aromatic carbocycles. The van der Waals surface area contributed by atoms with Gasteiger partial charge in [-0.25, -0.2) is 0 Å². The van der Waals surface area contributed by atoms with E-state index in [9.17, 15) is 14.7 Å². The Morgan fingerprint density at radius 2 is 1.91 bits per heavy atom. The molecule has 1 N–H and O–H groups in total. The number of carbonyl (C=O) groups is 2. The summed E-state index contributed by atoms with van der Waals surface area (Å²) in [5.74, 6) is 1.58. The largest absolute Gasteiger partial charge is 0.489 e. The fraction of sp³-hybridized carbons (Fsp3) is 0.533. The minimum Gasteiger partial charge on any atom is -0.489 e. The third-order valence-corrected chi connectivity index (χ3v) is 9.04. The van der Waals surface area contributed by atoms with Gasteiger partial charge in [-0.05, 0) is 91.0 Å². The van der Waals surface area contributed by atoms with Gasteiger partial charge in [0, 0.05) is 18.8 Å².